The summed E-state index contributed by atoms with van der Waals surface area (Å²) >= 11 is 0. The summed E-state index contributed by atoms with van der Waals surface area (Å²) in [4.78, 5) is 35.6. The van der Waals surface area contributed by atoms with Crippen molar-refractivity contribution < 1.29 is 46.8 Å². The van der Waals surface area contributed by atoms with Gasteiger partial charge in [-0.1, -0.05) is 131 Å². The number of epoxide rings is 1. The number of allylic oxidation sites excluding steroid dienone is 13. The summed E-state index contributed by atoms with van der Waals surface area (Å²) in [5.74, 6) is -0.919. The van der Waals surface area contributed by atoms with Gasteiger partial charge >= 0.3 is 19.8 Å². The third-order valence-corrected chi connectivity index (χ3v) is 10.8. The smallest absolute Gasteiger partial charge is 0.462 e. The van der Waals surface area contributed by atoms with Gasteiger partial charge in [0.25, 0.3) is 0 Å². The van der Waals surface area contributed by atoms with Crippen LogP contribution in [0.3, 0.4) is 0 Å². The molecule has 1 heterocycles. The van der Waals surface area contributed by atoms with Gasteiger partial charge in [0.2, 0.25) is 0 Å². The van der Waals surface area contributed by atoms with Crippen molar-refractivity contribution in [1.82, 2.24) is 0 Å². The molecule has 0 aromatic carbocycles. The van der Waals surface area contributed by atoms with Crippen LogP contribution in [0.15, 0.2) is 85.1 Å². The van der Waals surface area contributed by atoms with Gasteiger partial charge in [0.05, 0.1) is 40.0 Å². The molecule has 0 bridgehead atoms. The molecule has 10 nitrogen and oxygen atoms in total. The van der Waals surface area contributed by atoms with Crippen LogP contribution in [0.4, 0.5) is 0 Å². The SMILES string of the molecule is CCCCC/C=C\C/C=C\C/C=C\C/C=C\CCCCCC(=O)OC[C@H](COP(=O)(O)OCC[N+](C)(C)C)OC(=O)CCCC1OC1C/C=C\C/C=C\C/C=C\CCCCC. The van der Waals surface area contributed by atoms with E-state index < -0.39 is 32.5 Å². The number of hydrogen-bond acceptors (Lipinski definition) is 8. The molecule has 1 fully saturated rings. The van der Waals surface area contributed by atoms with Crippen molar-refractivity contribution in [3.05, 3.63) is 85.1 Å². The number of carbonyl (C=O) groups excluding carboxylic acids is 2. The Kier molecular flexibility index (Phi) is 34.7. The maximum Gasteiger partial charge on any atom is 0.472 e. The summed E-state index contributed by atoms with van der Waals surface area (Å²) in [6.45, 7) is 4.22. The Labute approximate surface area is 371 Å². The number of carbonyl (C=O) groups is 2. The number of phosphoric acid groups is 1. The van der Waals surface area contributed by atoms with Gasteiger partial charge in [-0.25, -0.2) is 4.57 Å². The van der Waals surface area contributed by atoms with Crippen molar-refractivity contribution in [2.45, 2.75) is 173 Å². The molecule has 0 aromatic rings. The fourth-order valence-electron chi connectivity index (χ4n) is 6.02. The standard InChI is InChI=1S/C50H84NO9P/c1-6-8-10-12-14-16-18-20-21-22-23-24-25-26-28-30-32-34-36-40-49(52)56-44-46(45-58-61(54,55)57-43-42-51(3,4)5)59-50(53)41-37-39-48-47(60-48)38-35-33-31-29-27-19-17-15-13-11-9-7-2/h14-17,20-21,23-24,26-29,33,35,46-48H,6-13,18-19,22,25,30-32,34,36-45H2,1-5H3/p+1/b16-14-,17-15-,21-20-,24-23-,28-26-,29-27-,35-33-/t46-,47?,48?/m1/s1. The van der Waals surface area contributed by atoms with Crippen LogP contribution in [-0.2, 0) is 37.4 Å². The van der Waals surface area contributed by atoms with E-state index in [1.54, 1.807) is 0 Å². The van der Waals surface area contributed by atoms with Crippen molar-refractivity contribution in [1.29, 1.82) is 0 Å². The minimum atomic E-state index is -4.42. The summed E-state index contributed by atoms with van der Waals surface area (Å²) in [6, 6.07) is 0. The molecule has 4 atom stereocenters. The van der Waals surface area contributed by atoms with Gasteiger partial charge in [-0.15, -0.1) is 0 Å². The molecule has 348 valence electrons. The first-order chi connectivity index (χ1) is 29.5. The molecule has 0 aromatic heterocycles. The molecular formula is C50H85NO9P+. The van der Waals surface area contributed by atoms with Crippen LogP contribution >= 0.6 is 7.82 Å². The number of nitrogens with zero attached hydrogens (tertiary/aromatic N) is 1. The Morgan fingerprint density at radius 1 is 0.607 bits per heavy atom. The second-order valence-corrected chi connectivity index (χ2v) is 18.3. The Hall–Kier alpha value is -2.85. The van der Waals surface area contributed by atoms with Crippen LogP contribution in [0.25, 0.3) is 0 Å². The van der Waals surface area contributed by atoms with E-state index in [4.69, 9.17) is 23.3 Å². The Morgan fingerprint density at radius 2 is 1.10 bits per heavy atom. The van der Waals surface area contributed by atoms with Crippen molar-refractivity contribution in [2.24, 2.45) is 0 Å². The molecule has 1 N–H and O–H groups in total. The lowest BCUT2D eigenvalue weighted by molar-refractivity contribution is -0.870. The highest BCUT2D eigenvalue weighted by atomic mass is 31.2. The first kappa shape index (κ1) is 56.2. The van der Waals surface area contributed by atoms with Gasteiger partial charge < -0.3 is 23.6 Å². The molecular weight excluding hydrogens is 790 g/mol. The highest BCUT2D eigenvalue weighted by molar-refractivity contribution is 7.47. The van der Waals surface area contributed by atoms with Gasteiger partial charge in [0, 0.05) is 12.8 Å². The zero-order valence-electron chi connectivity index (χ0n) is 38.8. The number of hydrogen-bond donors (Lipinski definition) is 1. The van der Waals surface area contributed by atoms with Gasteiger partial charge in [0.15, 0.2) is 6.10 Å². The highest BCUT2D eigenvalue weighted by Gasteiger charge is 2.37. The first-order valence-electron chi connectivity index (χ1n) is 23.4. The van der Waals surface area contributed by atoms with Gasteiger partial charge in [-0.2, -0.15) is 0 Å². The number of likely N-dealkylation sites (N-methyl/N-ethyl adjacent to an activating group) is 1. The predicted molar refractivity (Wildman–Crippen MR) is 251 cm³/mol. The fourth-order valence-corrected chi connectivity index (χ4v) is 6.76. The number of quaternary nitrogens is 1. The van der Waals surface area contributed by atoms with E-state index in [2.05, 4.69) is 98.9 Å². The van der Waals surface area contributed by atoms with Crippen molar-refractivity contribution in [3.63, 3.8) is 0 Å². The monoisotopic (exact) mass is 875 g/mol. The van der Waals surface area contributed by atoms with Gasteiger partial charge in [-0.05, 0) is 96.3 Å². The number of ether oxygens (including phenoxy) is 3. The molecule has 0 spiro atoms. The summed E-state index contributed by atoms with van der Waals surface area (Å²) in [6.07, 6.45) is 50.8. The number of phosphoric ester groups is 1. The van der Waals surface area contributed by atoms with Crippen molar-refractivity contribution in [3.8, 4) is 0 Å². The van der Waals surface area contributed by atoms with E-state index in [1.165, 1.54) is 44.9 Å². The van der Waals surface area contributed by atoms with E-state index in [0.717, 1.165) is 70.6 Å². The minimum absolute atomic E-state index is 0.00727. The van der Waals surface area contributed by atoms with E-state index in [-0.39, 0.29) is 38.3 Å². The molecule has 0 saturated carbocycles. The quantitative estimate of drug-likeness (QED) is 0.0160. The van der Waals surface area contributed by atoms with E-state index >= 15 is 0 Å². The molecule has 1 saturated heterocycles. The lowest BCUT2D eigenvalue weighted by Crippen LogP contribution is -2.37. The molecule has 61 heavy (non-hydrogen) atoms. The lowest BCUT2D eigenvalue weighted by Gasteiger charge is -2.24. The fraction of sp³-hybridized carbons (Fsp3) is 0.680. The van der Waals surface area contributed by atoms with Crippen LogP contribution in [0.1, 0.15) is 155 Å². The Bertz CT molecular complexity index is 1380. The molecule has 1 aliphatic rings. The topological polar surface area (TPSA) is 121 Å². The summed E-state index contributed by atoms with van der Waals surface area (Å²) < 4.78 is 40.1. The van der Waals surface area contributed by atoms with E-state index in [9.17, 15) is 19.0 Å². The van der Waals surface area contributed by atoms with Gasteiger partial charge in [-0.3, -0.25) is 18.6 Å². The second-order valence-electron chi connectivity index (χ2n) is 16.8. The van der Waals surface area contributed by atoms with E-state index in [0.29, 0.717) is 23.9 Å². The molecule has 1 rings (SSSR count). The van der Waals surface area contributed by atoms with Crippen molar-refractivity contribution >= 4 is 19.8 Å². The molecule has 0 amide bonds. The second kappa shape index (κ2) is 37.7. The Morgan fingerprint density at radius 3 is 1.62 bits per heavy atom. The third-order valence-electron chi connectivity index (χ3n) is 9.82. The summed E-state index contributed by atoms with van der Waals surface area (Å²) in [5.41, 5.74) is 0. The summed E-state index contributed by atoms with van der Waals surface area (Å²) in [5, 5.41) is 0. The zero-order chi connectivity index (χ0) is 44.7. The third kappa shape index (κ3) is 38.5. The number of unbranched alkanes of at least 4 members (excludes halogenated alkanes) is 9. The molecule has 0 aliphatic carbocycles. The van der Waals surface area contributed by atoms with E-state index in [1.807, 2.05) is 21.1 Å². The normalized spacial score (nSPS) is 17.6. The average molecular weight is 875 g/mol. The lowest BCUT2D eigenvalue weighted by atomic mass is 10.1. The van der Waals surface area contributed by atoms with Crippen LogP contribution < -0.4 is 0 Å². The van der Waals surface area contributed by atoms with Crippen LogP contribution in [0.5, 0.6) is 0 Å². The highest BCUT2D eigenvalue weighted by Crippen LogP contribution is 2.43. The Balaban J connectivity index is 2.36. The average Bonchev–Trinajstić information content (AvgIpc) is 3.97. The molecule has 3 unspecified atom stereocenters. The zero-order valence-corrected chi connectivity index (χ0v) is 39.7. The molecule has 11 heteroatoms. The maximum atomic E-state index is 12.8. The first-order valence-corrected chi connectivity index (χ1v) is 24.9. The number of rotatable bonds is 40. The largest absolute Gasteiger partial charge is 0.472 e. The predicted octanol–water partition coefficient (Wildman–Crippen LogP) is 12.6. The van der Waals surface area contributed by atoms with Crippen LogP contribution in [-0.4, -0.2) is 87.1 Å². The van der Waals surface area contributed by atoms with Gasteiger partial charge in [0.1, 0.15) is 19.8 Å². The summed E-state index contributed by atoms with van der Waals surface area (Å²) in [7, 11) is 1.39. The molecule has 1 aliphatic heterocycles. The number of esters is 2. The molecule has 0 radical (unpaired) electrons. The maximum absolute atomic E-state index is 12.8. The van der Waals surface area contributed by atoms with Crippen molar-refractivity contribution in [2.75, 3.05) is 47.5 Å². The van der Waals surface area contributed by atoms with Crippen LogP contribution in [0.2, 0.25) is 0 Å². The minimum Gasteiger partial charge on any atom is -0.462 e. The van der Waals surface area contributed by atoms with Crippen LogP contribution in [0, 0.1) is 0 Å².